The molecule has 7 nitrogen and oxygen atoms in total. The fourth-order valence-electron chi connectivity index (χ4n) is 3.31. The summed E-state index contributed by atoms with van der Waals surface area (Å²) >= 11 is 0. The summed E-state index contributed by atoms with van der Waals surface area (Å²) in [6.45, 7) is 2.73. The van der Waals surface area contributed by atoms with Gasteiger partial charge in [0.15, 0.2) is 5.69 Å². The molecule has 1 saturated heterocycles. The molecule has 1 aromatic carbocycles. The second kappa shape index (κ2) is 7.82. The van der Waals surface area contributed by atoms with E-state index in [4.69, 9.17) is 9.47 Å². The number of rotatable bonds is 4. The van der Waals surface area contributed by atoms with Crippen LogP contribution in [0.15, 0.2) is 48.8 Å². The zero-order valence-electron chi connectivity index (χ0n) is 15.5. The van der Waals surface area contributed by atoms with Crippen LogP contribution in [-0.2, 0) is 4.74 Å². The molecule has 1 fully saturated rings. The minimum atomic E-state index is -0.473. The lowest BCUT2D eigenvalue weighted by atomic mass is 10.1. The number of hydrogen-bond acceptors (Lipinski definition) is 6. The topological polar surface area (TPSA) is 93.6 Å². The second-order valence-corrected chi connectivity index (χ2v) is 6.82. The van der Waals surface area contributed by atoms with Gasteiger partial charge in [-0.3, -0.25) is 4.79 Å². The minimum absolute atomic E-state index is 0.0185. The fourth-order valence-corrected chi connectivity index (χ4v) is 3.31. The Kier molecular flexibility index (Phi) is 5.08. The number of anilines is 1. The van der Waals surface area contributed by atoms with Crippen LogP contribution in [0.3, 0.4) is 0 Å². The van der Waals surface area contributed by atoms with Gasteiger partial charge >= 0.3 is 0 Å². The van der Waals surface area contributed by atoms with Crippen LogP contribution in [0.1, 0.15) is 30.3 Å². The molecule has 3 aromatic rings. The van der Waals surface area contributed by atoms with E-state index in [0.29, 0.717) is 18.2 Å². The Hall–Kier alpha value is -3.19. The number of aromatic nitrogens is 2. The maximum Gasteiger partial charge on any atom is 0.278 e. The third-order valence-electron chi connectivity index (χ3n) is 4.70. The number of fused-ring (bicyclic) bond motifs is 1. The van der Waals surface area contributed by atoms with Crippen molar-refractivity contribution in [3.63, 3.8) is 0 Å². The van der Waals surface area contributed by atoms with Gasteiger partial charge in [0, 0.05) is 36.3 Å². The smallest absolute Gasteiger partial charge is 0.278 e. The van der Waals surface area contributed by atoms with Crippen LogP contribution in [0.25, 0.3) is 10.8 Å². The van der Waals surface area contributed by atoms with Crippen LogP contribution in [0.5, 0.6) is 11.6 Å². The van der Waals surface area contributed by atoms with E-state index < -0.39 is 5.91 Å². The van der Waals surface area contributed by atoms with E-state index in [9.17, 15) is 9.90 Å². The second-order valence-electron chi connectivity index (χ2n) is 6.82. The van der Waals surface area contributed by atoms with Crippen LogP contribution < -0.4 is 10.1 Å². The molecule has 1 amide bonds. The maximum absolute atomic E-state index is 12.3. The number of ether oxygens (including phenoxy) is 2. The summed E-state index contributed by atoms with van der Waals surface area (Å²) in [6.07, 6.45) is 5.08. The third-order valence-corrected chi connectivity index (χ3v) is 4.70. The summed E-state index contributed by atoms with van der Waals surface area (Å²) in [6, 6.07) is 10.3. The number of nitrogens with zero attached hydrogens (tertiary/aromatic N) is 2. The van der Waals surface area contributed by atoms with Crippen LogP contribution in [0.4, 0.5) is 5.69 Å². The van der Waals surface area contributed by atoms with Crippen molar-refractivity contribution in [2.75, 3.05) is 11.9 Å². The minimum Gasteiger partial charge on any atom is -0.505 e. The number of benzene rings is 1. The summed E-state index contributed by atoms with van der Waals surface area (Å²) < 4.78 is 11.7. The molecule has 2 unspecified atom stereocenters. The Bertz CT molecular complexity index is 1010. The van der Waals surface area contributed by atoms with Crippen LogP contribution in [0, 0.1) is 0 Å². The van der Waals surface area contributed by atoms with Crippen molar-refractivity contribution in [1.29, 1.82) is 0 Å². The zero-order chi connectivity index (χ0) is 19.5. The average molecular weight is 379 g/mol. The van der Waals surface area contributed by atoms with E-state index in [-0.39, 0.29) is 23.7 Å². The van der Waals surface area contributed by atoms with Gasteiger partial charge in [0.25, 0.3) is 5.91 Å². The van der Waals surface area contributed by atoms with E-state index >= 15 is 0 Å². The Morgan fingerprint density at radius 1 is 1.25 bits per heavy atom. The summed E-state index contributed by atoms with van der Waals surface area (Å²) in [5.41, 5.74) is 0.578. The first-order chi connectivity index (χ1) is 13.6. The molecule has 2 aromatic heterocycles. The van der Waals surface area contributed by atoms with E-state index in [2.05, 4.69) is 15.3 Å². The molecular formula is C21H21N3O4. The number of hydrogen-bond donors (Lipinski definition) is 2. The first kappa shape index (κ1) is 18.2. The summed E-state index contributed by atoms with van der Waals surface area (Å²) in [7, 11) is 0. The highest BCUT2D eigenvalue weighted by molar-refractivity contribution is 6.05. The molecule has 0 bridgehead atoms. The highest BCUT2D eigenvalue weighted by atomic mass is 16.5. The van der Waals surface area contributed by atoms with Crippen LogP contribution in [0.2, 0.25) is 0 Å². The van der Waals surface area contributed by atoms with E-state index in [1.54, 1.807) is 18.3 Å². The standard InChI is InChI=1S/C21H21N3O4/c1-13-11-16(7-10-27-13)28-21-17-5-4-15(12-14(17)6-9-23-21)24-20(26)19-18(25)3-2-8-22-19/h2-6,8-9,12-13,16,25H,7,10-11H2,1H3,(H,24,26). The van der Waals surface area contributed by atoms with E-state index in [1.807, 2.05) is 25.1 Å². The molecule has 1 aliphatic heterocycles. The number of pyridine rings is 2. The van der Waals surface area contributed by atoms with Crippen LogP contribution >= 0.6 is 0 Å². The number of carbonyl (C=O) groups excluding carboxylic acids is 1. The molecule has 144 valence electrons. The molecule has 0 spiro atoms. The largest absolute Gasteiger partial charge is 0.505 e. The maximum atomic E-state index is 12.3. The first-order valence-electron chi connectivity index (χ1n) is 9.22. The Labute approximate surface area is 162 Å². The van der Waals surface area contributed by atoms with Gasteiger partial charge in [0.1, 0.15) is 11.9 Å². The molecule has 4 rings (SSSR count). The first-order valence-corrected chi connectivity index (χ1v) is 9.22. The zero-order valence-corrected chi connectivity index (χ0v) is 15.5. The number of nitrogens with one attached hydrogen (secondary N) is 1. The molecule has 3 heterocycles. The number of amides is 1. The highest BCUT2D eigenvalue weighted by Crippen LogP contribution is 2.29. The monoisotopic (exact) mass is 379 g/mol. The fraction of sp³-hybridized carbons (Fsp3) is 0.286. The number of aromatic hydroxyl groups is 1. The Morgan fingerprint density at radius 3 is 2.96 bits per heavy atom. The van der Waals surface area contributed by atoms with Gasteiger partial charge in [0.05, 0.1) is 12.7 Å². The third kappa shape index (κ3) is 3.89. The van der Waals surface area contributed by atoms with Crippen molar-refractivity contribution in [1.82, 2.24) is 9.97 Å². The SMILES string of the molecule is CC1CC(Oc2nccc3cc(NC(=O)c4ncccc4O)ccc23)CCO1. The molecule has 2 atom stereocenters. The van der Waals surface area contributed by atoms with E-state index in [0.717, 1.165) is 23.6 Å². The van der Waals surface area contributed by atoms with Gasteiger partial charge in [0.2, 0.25) is 5.88 Å². The Balaban J connectivity index is 1.55. The van der Waals surface area contributed by atoms with Gasteiger partial charge in [-0.15, -0.1) is 0 Å². The van der Waals surface area contributed by atoms with Crippen LogP contribution in [-0.4, -0.2) is 39.8 Å². The lowest BCUT2D eigenvalue weighted by molar-refractivity contribution is -0.0259. The highest BCUT2D eigenvalue weighted by Gasteiger charge is 2.22. The molecule has 28 heavy (non-hydrogen) atoms. The van der Waals surface area contributed by atoms with Crippen molar-refractivity contribution in [3.05, 3.63) is 54.5 Å². The quantitative estimate of drug-likeness (QED) is 0.720. The number of carbonyl (C=O) groups is 1. The van der Waals surface area contributed by atoms with E-state index in [1.165, 1.54) is 12.3 Å². The summed E-state index contributed by atoms with van der Waals surface area (Å²) in [5.74, 6) is -0.0533. The lowest BCUT2D eigenvalue weighted by Crippen LogP contribution is -2.31. The molecule has 0 aliphatic carbocycles. The lowest BCUT2D eigenvalue weighted by Gasteiger charge is -2.27. The van der Waals surface area contributed by atoms with Gasteiger partial charge in [-0.1, -0.05) is 0 Å². The molecule has 1 aliphatic rings. The van der Waals surface area contributed by atoms with Crippen molar-refractivity contribution in [3.8, 4) is 11.6 Å². The molecular weight excluding hydrogens is 358 g/mol. The van der Waals surface area contributed by atoms with Crippen molar-refractivity contribution < 1.29 is 19.4 Å². The molecule has 0 radical (unpaired) electrons. The summed E-state index contributed by atoms with van der Waals surface area (Å²) in [5, 5.41) is 14.3. The predicted molar refractivity (Wildman–Crippen MR) is 105 cm³/mol. The van der Waals surface area contributed by atoms with Gasteiger partial charge in [-0.25, -0.2) is 9.97 Å². The predicted octanol–water partition coefficient (Wildman–Crippen LogP) is 3.53. The van der Waals surface area contributed by atoms with Gasteiger partial charge in [-0.05, 0) is 48.7 Å². The van der Waals surface area contributed by atoms with Crippen molar-refractivity contribution in [2.45, 2.75) is 32.0 Å². The summed E-state index contributed by atoms with van der Waals surface area (Å²) in [4.78, 5) is 20.7. The molecule has 2 N–H and O–H groups in total. The van der Waals surface area contributed by atoms with Crippen molar-refractivity contribution in [2.24, 2.45) is 0 Å². The van der Waals surface area contributed by atoms with Crippen molar-refractivity contribution >= 4 is 22.4 Å². The van der Waals surface area contributed by atoms with Gasteiger partial charge in [-0.2, -0.15) is 0 Å². The molecule has 7 heteroatoms. The Morgan fingerprint density at radius 2 is 2.14 bits per heavy atom. The van der Waals surface area contributed by atoms with Gasteiger partial charge < -0.3 is 19.9 Å². The normalized spacial score (nSPS) is 19.3. The molecule has 0 saturated carbocycles. The average Bonchev–Trinajstić information content (AvgIpc) is 2.68.